The van der Waals surface area contributed by atoms with E-state index in [-0.39, 0.29) is 24.2 Å². The Morgan fingerprint density at radius 3 is 1.92 bits per heavy atom. The van der Waals surface area contributed by atoms with E-state index in [1.54, 1.807) is 44.2 Å². The van der Waals surface area contributed by atoms with Crippen LogP contribution in [0.25, 0.3) is 11.1 Å². The van der Waals surface area contributed by atoms with Crippen LogP contribution in [0.4, 0.5) is 4.79 Å². The average molecular weight is 516 g/mol. The van der Waals surface area contributed by atoms with Crippen LogP contribution in [0.5, 0.6) is 0 Å². The largest absolute Gasteiger partial charge is 0.455 e. The Labute approximate surface area is 220 Å². The molecule has 1 aliphatic carbocycles. The molecule has 1 atom stereocenters. The van der Waals surface area contributed by atoms with Crippen LogP contribution in [0.15, 0.2) is 78.9 Å². The van der Waals surface area contributed by atoms with Gasteiger partial charge in [0.05, 0.1) is 0 Å². The number of hydrogen-bond acceptors (Lipinski definition) is 7. The standard InChI is InChI=1S/C30H29NO7/c1-19(2)28(29(34)37-18-27(33)36-17-26(32)20-10-4-3-5-11-20)31-30(35)38-16-25-23-14-8-6-12-21(23)22-13-7-9-15-24(22)25/h3-15,19,25,28H,16-18H2,1-2H3,(H,31,35)/t28-/m0/s1. The van der Waals surface area contributed by atoms with Crippen molar-refractivity contribution >= 4 is 23.8 Å². The van der Waals surface area contributed by atoms with Crippen molar-refractivity contribution in [3.63, 3.8) is 0 Å². The Morgan fingerprint density at radius 1 is 0.737 bits per heavy atom. The first kappa shape index (κ1) is 26.6. The van der Waals surface area contributed by atoms with E-state index < -0.39 is 37.3 Å². The number of ketones is 1. The van der Waals surface area contributed by atoms with Crippen molar-refractivity contribution < 1.29 is 33.4 Å². The van der Waals surface area contributed by atoms with Gasteiger partial charge in [-0.15, -0.1) is 0 Å². The molecule has 0 heterocycles. The number of amides is 1. The first-order chi connectivity index (χ1) is 18.3. The number of hydrogen-bond donors (Lipinski definition) is 1. The number of carbonyl (C=O) groups is 4. The first-order valence-electron chi connectivity index (χ1n) is 12.4. The van der Waals surface area contributed by atoms with Crippen LogP contribution in [-0.4, -0.2) is 49.7 Å². The van der Waals surface area contributed by atoms with Gasteiger partial charge < -0.3 is 19.5 Å². The van der Waals surface area contributed by atoms with Crippen molar-refractivity contribution in [2.45, 2.75) is 25.8 Å². The molecule has 3 aromatic carbocycles. The van der Waals surface area contributed by atoms with Crippen molar-refractivity contribution in [1.29, 1.82) is 0 Å². The maximum Gasteiger partial charge on any atom is 0.407 e. The Hall–Kier alpha value is -4.46. The van der Waals surface area contributed by atoms with E-state index in [2.05, 4.69) is 5.32 Å². The van der Waals surface area contributed by atoms with Crippen LogP contribution in [0.2, 0.25) is 0 Å². The lowest BCUT2D eigenvalue weighted by Gasteiger charge is -2.21. The number of rotatable bonds is 10. The highest BCUT2D eigenvalue weighted by molar-refractivity contribution is 5.98. The minimum Gasteiger partial charge on any atom is -0.455 e. The van der Waals surface area contributed by atoms with Gasteiger partial charge in [0.2, 0.25) is 0 Å². The molecule has 0 fully saturated rings. The van der Waals surface area contributed by atoms with Crippen molar-refractivity contribution in [2.75, 3.05) is 19.8 Å². The Balaban J connectivity index is 1.27. The third kappa shape index (κ3) is 6.26. The summed E-state index contributed by atoms with van der Waals surface area (Å²) < 4.78 is 15.5. The number of Topliss-reactive ketones (excluding diaryl/α,β-unsaturated/α-hetero) is 1. The molecule has 196 valence electrons. The average Bonchev–Trinajstić information content (AvgIpc) is 3.26. The quantitative estimate of drug-likeness (QED) is 0.240. The fourth-order valence-corrected chi connectivity index (χ4v) is 4.38. The molecule has 0 bridgehead atoms. The highest BCUT2D eigenvalue weighted by atomic mass is 16.6. The summed E-state index contributed by atoms with van der Waals surface area (Å²) >= 11 is 0. The van der Waals surface area contributed by atoms with Crippen molar-refractivity contribution in [3.05, 3.63) is 95.6 Å². The molecule has 8 nitrogen and oxygen atoms in total. The molecule has 1 aliphatic rings. The molecule has 0 saturated carbocycles. The molecule has 8 heteroatoms. The van der Waals surface area contributed by atoms with E-state index >= 15 is 0 Å². The number of ether oxygens (including phenoxy) is 3. The molecule has 0 unspecified atom stereocenters. The third-order valence-corrected chi connectivity index (χ3v) is 6.33. The number of benzene rings is 3. The number of esters is 2. The van der Waals surface area contributed by atoms with E-state index in [1.807, 2.05) is 48.5 Å². The van der Waals surface area contributed by atoms with Crippen LogP contribution in [0, 0.1) is 5.92 Å². The van der Waals surface area contributed by atoms with Gasteiger partial charge in [-0.05, 0) is 28.2 Å². The maximum absolute atomic E-state index is 12.6. The molecule has 4 rings (SSSR count). The van der Waals surface area contributed by atoms with E-state index in [0.717, 1.165) is 22.3 Å². The van der Waals surface area contributed by atoms with Gasteiger partial charge in [-0.25, -0.2) is 14.4 Å². The fraction of sp³-hybridized carbons (Fsp3) is 0.267. The summed E-state index contributed by atoms with van der Waals surface area (Å²) in [4.78, 5) is 49.3. The Morgan fingerprint density at radius 2 is 1.32 bits per heavy atom. The molecule has 0 radical (unpaired) electrons. The summed E-state index contributed by atoms with van der Waals surface area (Å²) in [6.45, 7) is 2.41. The summed E-state index contributed by atoms with van der Waals surface area (Å²) in [5.74, 6) is -2.50. The van der Waals surface area contributed by atoms with E-state index in [9.17, 15) is 19.2 Å². The normalized spacial score (nSPS) is 12.7. The SMILES string of the molecule is CC(C)[C@H](NC(=O)OCC1c2ccccc2-c2ccccc21)C(=O)OCC(=O)OCC(=O)c1ccccc1. The number of alkyl carbamates (subject to hydrolysis) is 1. The minimum atomic E-state index is -1.04. The van der Waals surface area contributed by atoms with Crippen LogP contribution in [0.3, 0.4) is 0 Å². The second-order valence-electron chi connectivity index (χ2n) is 9.25. The first-order valence-corrected chi connectivity index (χ1v) is 12.4. The summed E-state index contributed by atoms with van der Waals surface area (Å²) in [6.07, 6.45) is -0.765. The highest BCUT2D eigenvalue weighted by Crippen LogP contribution is 2.44. The van der Waals surface area contributed by atoms with E-state index in [1.165, 1.54) is 0 Å². The molecular weight excluding hydrogens is 486 g/mol. The maximum atomic E-state index is 12.6. The number of carbonyl (C=O) groups excluding carboxylic acids is 4. The monoisotopic (exact) mass is 515 g/mol. The lowest BCUT2D eigenvalue weighted by atomic mass is 9.98. The van der Waals surface area contributed by atoms with Crippen molar-refractivity contribution in [1.82, 2.24) is 5.32 Å². The smallest absolute Gasteiger partial charge is 0.407 e. The molecule has 3 aromatic rings. The highest BCUT2D eigenvalue weighted by Gasteiger charge is 2.31. The molecule has 0 aromatic heterocycles. The van der Waals surface area contributed by atoms with Gasteiger partial charge in [0.1, 0.15) is 12.6 Å². The van der Waals surface area contributed by atoms with E-state index in [0.29, 0.717) is 5.56 Å². The third-order valence-electron chi connectivity index (χ3n) is 6.33. The second-order valence-corrected chi connectivity index (χ2v) is 9.25. The summed E-state index contributed by atoms with van der Waals surface area (Å²) in [5.41, 5.74) is 4.77. The zero-order valence-electron chi connectivity index (χ0n) is 21.2. The number of nitrogens with one attached hydrogen (secondary N) is 1. The van der Waals surface area contributed by atoms with Crippen LogP contribution in [0.1, 0.15) is 41.3 Å². The summed E-state index contributed by atoms with van der Waals surface area (Å²) in [7, 11) is 0. The molecule has 0 aliphatic heterocycles. The van der Waals surface area contributed by atoms with Crippen molar-refractivity contribution in [3.8, 4) is 11.1 Å². The van der Waals surface area contributed by atoms with Crippen LogP contribution in [-0.2, 0) is 23.8 Å². The molecule has 0 spiro atoms. The molecule has 1 N–H and O–H groups in total. The lowest BCUT2D eigenvalue weighted by Crippen LogP contribution is -2.46. The van der Waals surface area contributed by atoms with Gasteiger partial charge in [-0.3, -0.25) is 4.79 Å². The number of fused-ring (bicyclic) bond motifs is 3. The molecular formula is C30H29NO7. The second kappa shape index (κ2) is 12.2. The zero-order valence-corrected chi connectivity index (χ0v) is 21.2. The summed E-state index contributed by atoms with van der Waals surface area (Å²) in [6, 6.07) is 23.3. The lowest BCUT2D eigenvalue weighted by molar-refractivity contribution is -0.159. The van der Waals surface area contributed by atoms with Gasteiger partial charge in [-0.2, -0.15) is 0 Å². The fourth-order valence-electron chi connectivity index (χ4n) is 4.38. The van der Waals surface area contributed by atoms with Gasteiger partial charge >= 0.3 is 18.0 Å². The van der Waals surface area contributed by atoms with Crippen LogP contribution < -0.4 is 5.32 Å². The minimum absolute atomic E-state index is 0.0987. The Bertz CT molecular complexity index is 1270. The molecule has 0 saturated heterocycles. The molecule has 38 heavy (non-hydrogen) atoms. The summed E-state index contributed by atoms with van der Waals surface area (Å²) in [5, 5.41) is 2.54. The topological polar surface area (TPSA) is 108 Å². The predicted octanol–water partition coefficient (Wildman–Crippen LogP) is 4.52. The van der Waals surface area contributed by atoms with Gasteiger partial charge in [-0.1, -0.05) is 92.7 Å². The van der Waals surface area contributed by atoms with Gasteiger partial charge in [0, 0.05) is 11.5 Å². The van der Waals surface area contributed by atoms with E-state index in [4.69, 9.17) is 14.2 Å². The van der Waals surface area contributed by atoms with Gasteiger partial charge in [0.25, 0.3) is 0 Å². The Kier molecular flexibility index (Phi) is 8.53. The zero-order chi connectivity index (χ0) is 27.1. The predicted molar refractivity (Wildman–Crippen MR) is 140 cm³/mol. The van der Waals surface area contributed by atoms with Crippen LogP contribution >= 0.6 is 0 Å². The van der Waals surface area contributed by atoms with Gasteiger partial charge in [0.15, 0.2) is 19.0 Å². The van der Waals surface area contributed by atoms with Crippen molar-refractivity contribution in [2.24, 2.45) is 5.92 Å². The molecule has 1 amide bonds.